The van der Waals surface area contributed by atoms with Gasteiger partial charge >= 0.3 is 0 Å². The second-order valence-electron chi connectivity index (χ2n) is 5.09. The van der Waals surface area contributed by atoms with Gasteiger partial charge in [-0.3, -0.25) is 0 Å². The molecule has 1 aliphatic rings. The molecule has 1 atom stereocenters. The Balaban J connectivity index is 2.42. The van der Waals surface area contributed by atoms with E-state index in [1.54, 1.807) is 4.31 Å². The Kier molecular flexibility index (Phi) is 3.27. The van der Waals surface area contributed by atoms with Gasteiger partial charge in [-0.2, -0.15) is 4.31 Å². The second kappa shape index (κ2) is 4.42. The highest BCUT2D eigenvalue weighted by Crippen LogP contribution is 2.28. The van der Waals surface area contributed by atoms with E-state index in [1.807, 2.05) is 18.2 Å². The molecule has 1 aliphatic heterocycles. The van der Waals surface area contributed by atoms with Crippen molar-refractivity contribution in [3.8, 4) is 0 Å². The van der Waals surface area contributed by atoms with E-state index in [9.17, 15) is 8.42 Å². The smallest absolute Gasteiger partial charge is 0.211 e. The molecule has 0 unspecified atom stereocenters. The van der Waals surface area contributed by atoms with E-state index >= 15 is 0 Å². The molecule has 0 fully saturated rings. The molecule has 1 heterocycles. The molecule has 1 aromatic carbocycles. The van der Waals surface area contributed by atoms with Crippen LogP contribution in [0.5, 0.6) is 0 Å². The summed E-state index contributed by atoms with van der Waals surface area (Å²) in [5, 5.41) is 0. The van der Waals surface area contributed by atoms with Crippen LogP contribution in [0, 0.1) is 5.92 Å². The van der Waals surface area contributed by atoms with Gasteiger partial charge in [-0.15, -0.1) is 0 Å². The molecule has 0 N–H and O–H groups in total. The first kappa shape index (κ1) is 12.6. The highest BCUT2D eigenvalue weighted by atomic mass is 32.2. The van der Waals surface area contributed by atoms with Crippen molar-refractivity contribution in [2.45, 2.75) is 32.9 Å². The molecule has 0 amide bonds. The van der Waals surface area contributed by atoms with E-state index in [2.05, 4.69) is 19.9 Å². The largest absolute Gasteiger partial charge is 0.212 e. The summed E-state index contributed by atoms with van der Waals surface area (Å²) in [4.78, 5) is 0. The third kappa shape index (κ3) is 2.53. The molecule has 0 saturated carbocycles. The van der Waals surface area contributed by atoms with Crippen LogP contribution in [-0.4, -0.2) is 25.0 Å². The van der Waals surface area contributed by atoms with Crippen LogP contribution in [0.15, 0.2) is 24.3 Å². The summed E-state index contributed by atoms with van der Waals surface area (Å²) in [6.45, 7) is 4.67. The summed E-state index contributed by atoms with van der Waals surface area (Å²) in [7, 11) is -3.13. The van der Waals surface area contributed by atoms with E-state index < -0.39 is 10.0 Å². The van der Waals surface area contributed by atoms with E-state index in [0.717, 1.165) is 12.0 Å². The molecule has 0 aromatic heterocycles. The Morgan fingerprint density at radius 2 is 1.82 bits per heavy atom. The summed E-state index contributed by atoms with van der Waals surface area (Å²) < 4.78 is 25.3. The molecule has 17 heavy (non-hydrogen) atoms. The molecule has 3 nitrogen and oxygen atoms in total. The van der Waals surface area contributed by atoms with Gasteiger partial charge in [-0.25, -0.2) is 8.42 Å². The van der Waals surface area contributed by atoms with Crippen LogP contribution in [0.25, 0.3) is 0 Å². The normalized spacial score (nSPS) is 21.5. The van der Waals surface area contributed by atoms with Gasteiger partial charge in [0, 0.05) is 12.6 Å². The van der Waals surface area contributed by atoms with Crippen molar-refractivity contribution in [1.82, 2.24) is 4.31 Å². The van der Waals surface area contributed by atoms with E-state index in [0.29, 0.717) is 12.5 Å². The minimum Gasteiger partial charge on any atom is -0.212 e. The van der Waals surface area contributed by atoms with Gasteiger partial charge < -0.3 is 0 Å². The Morgan fingerprint density at radius 3 is 2.35 bits per heavy atom. The summed E-state index contributed by atoms with van der Waals surface area (Å²) in [5.74, 6) is 0.332. The fraction of sp³-hybridized carbons (Fsp3) is 0.538. The zero-order valence-electron chi connectivity index (χ0n) is 10.6. The Hall–Kier alpha value is -0.870. The van der Waals surface area contributed by atoms with Crippen molar-refractivity contribution in [2.75, 3.05) is 6.26 Å². The molecule has 0 radical (unpaired) electrons. The maximum Gasteiger partial charge on any atom is 0.211 e. The molecular formula is C13H19NO2S. The highest BCUT2D eigenvalue weighted by molar-refractivity contribution is 7.88. The molecule has 94 valence electrons. The van der Waals surface area contributed by atoms with E-state index in [4.69, 9.17) is 0 Å². The van der Waals surface area contributed by atoms with Crippen LogP contribution in [0.1, 0.15) is 25.0 Å². The van der Waals surface area contributed by atoms with Gasteiger partial charge in [0.1, 0.15) is 0 Å². The fourth-order valence-electron chi connectivity index (χ4n) is 2.45. The average Bonchev–Trinajstić information content (AvgIpc) is 2.26. The van der Waals surface area contributed by atoms with Crippen molar-refractivity contribution >= 4 is 10.0 Å². The Bertz CT molecular complexity index is 508. The SMILES string of the molecule is CC(C)[C@@H]1Cc2ccccc2CN1S(C)(=O)=O. The lowest BCUT2D eigenvalue weighted by Crippen LogP contribution is -2.46. The minimum atomic E-state index is -3.13. The van der Waals surface area contributed by atoms with Crippen LogP contribution in [0.3, 0.4) is 0 Å². The van der Waals surface area contributed by atoms with Gasteiger partial charge in [0.05, 0.1) is 6.26 Å². The Labute approximate surface area is 104 Å². The first-order chi connectivity index (χ1) is 7.89. The van der Waals surface area contributed by atoms with Crippen LogP contribution in [0.4, 0.5) is 0 Å². The summed E-state index contributed by atoms with van der Waals surface area (Å²) in [5.41, 5.74) is 2.42. The third-order valence-electron chi connectivity index (χ3n) is 3.44. The molecule has 2 rings (SSSR count). The van der Waals surface area contributed by atoms with Crippen molar-refractivity contribution < 1.29 is 8.42 Å². The Morgan fingerprint density at radius 1 is 1.24 bits per heavy atom. The predicted octanol–water partition coefficient (Wildman–Crippen LogP) is 2.03. The summed E-state index contributed by atoms with van der Waals surface area (Å²) in [6, 6.07) is 8.19. The topological polar surface area (TPSA) is 37.4 Å². The minimum absolute atomic E-state index is 0.0832. The number of fused-ring (bicyclic) bond motifs is 1. The van der Waals surface area contributed by atoms with Gasteiger partial charge in [-0.05, 0) is 23.5 Å². The number of sulfonamides is 1. The van der Waals surface area contributed by atoms with Crippen molar-refractivity contribution in [3.05, 3.63) is 35.4 Å². The van der Waals surface area contributed by atoms with Crippen LogP contribution >= 0.6 is 0 Å². The summed E-state index contributed by atoms with van der Waals surface area (Å²) >= 11 is 0. The zero-order valence-corrected chi connectivity index (χ0v) is 11.4. The van der Waals surface area contributed by atoms with Gasteiger partial charge in [-0.1, -0.05) is 38.1 Å². The molecule has 1 aromatic rings. The first-order valence-electron chi connectivity index (χ1n) is 5.93. The highest BCUT2D eigenvalue weighted by Gasteiger charge is 2.33. The van der Waals surface area contributed by atoms with Crippen molar-refractivity contribution in [3.63, 3.8) is 0 Å². The first-order valence-corrected chi connectivity index (χ1v) is 7.78. The van der Waals surface area contributed by atoms with Crippen LogP contribution in [-0.2, 0) is 23.0 Å². The van der Waals surface area contributed by atoms with Gasteiger partial charge in [0.25, 0.3) is 0 Å². The van der Waals surface area contributed by atoms with E-state index in [1.165, 1.54) is 11.8 Å². The molecule has 4 heteroatoms. The fourth-order valence-corrected chi connectivity index (χ4v) is 3.64. The lowest BCUT2D eigenvalue weighted by atomic mass is 9.90. The maximum atomic E-state index is 11.8. The maximum absolute atomic E-state index is 11.8. The quantitative estimate of drug-likeness (QED) is 0.808. The number of rotatable bonds is 2. The molecule has 0 saturated heterocycles. The number of nitrogens with zero attached hydrogens (tertiary/aromatic N) is 1. The molecular weight excluding hydrogens is 234 g/mol. The molecule has 0 bridgehead atoms. The number of hydrogen-bond acceptors (Lipinski definition) is 2. The standard InChI is InChI=1S/C13H19NO2S/c1-10(2)13-8-11-6-4-5-7-12(11)9-14(13)17(3,15)16/h4-7,10,13H,8-9H2,1-3H3/t13-/m0/s1. The van der Waals surface area contributed by atoms with Gasteiger partial charge in [0.2, 0.25) is 10.0 Å². The van der Waals surface area contributed by atoms with Crippen LogP contribution in [0.2, 0.25) is 0 Å². The van der Waals surface area contributed by atoms with Gasteiger partial charge in [0.15, 0.2) is 0 Å². The number of hydrogen-bond donors (Lipinski definition) is 0. The number of benzene rings is 1. The molecule has 0 aliphatic carbocycles. The summed E-state index contributed by atoms with van der Waals surface area (Å²) in [6.07, 6.45) is 2.12. The van der Waals surface area contributed by atoms with Crippen molar-refractivity contribution in [1.29, 1.82) is 0 Å². The lowest BCUT2D eigenvalue weighted by molar-refractivity contribution is 0.236. The van der Waals surface area contributed by atoms with E-state index in [-0.39, 0.29) is 6.04 Å². The molecule has 0 spiro atoms. The average molecular weight is 253 g/mol. The third-order valence-corrected chi connectivity index (χ3v) is 4.69. The van der Waals surface area contributed by atoms with Crippen molar-refractivity contribution in [2.24, 2.45) is 5.92 Å². The lowest BCUT2D eigenvalue weighted by Gasteiger charge is -2.37. The zero-order chi connectivity index (χ0) is 12.6. The second-order valence-corrected chi connectivity index (χ2v) is 7.03. The monoisotopic (exact) mass is 253 g/mol. The predicted molar refractivity (Wildman–Crippen MR) is 69.2 cm³/mol. The van der Waals surface area contributed by atoms with Crippen LogP contribution < -0.4 is 0 Å².